The summed E-state index contributed by atoms with van der Waals surface area (Å²) in [5, 5.41) is 37.7. The molecule has 1 aliphatic heterocycles. The first-order valence-corrected chi connectivity index (χ1v) is 11.7. The first-order chi connectivity index (χ1) is 16.6. The van der Waals surface area contributed by atoms with Crippen molar-refractivity contribution in [3.63, 3.8) is 0 Å². The lowest BCUT2D eigenvalue weighted by atomic mass is 10.0. The van der Waals surface area contributed by atoms with Crippen LogP contribution in [0.1, 0.15) is 41.2 Å². The van der Waals surface area contributed by atoms with E-state index in [2.05, 4.69) is 41.9 Å². The molecule has 0 saturated heterocycles. The van der Waals surface area contributed by atoms with Crippen LogP contribution in [0.5, 0.6) is 5.75 Å². The number of aliphatic imine (C=N–C) groups is 1. The van der Waals surface area contributed by atoms with Gasteiger partial charge < -0.3 is 31.3 Å². The number of carboxylic acids is 1. The number of aliphatic carboxylic acids is 1. The van der Waals surface area contributed by atoms with Crippen molar-refractivity contribution >= 4 is 56.8 Å². The average Bonchev–Trinajstić information content (AvgIpc) is 2.81. The number of carbonyl (C=O) groups is 3. The van der Waals surface area contributed by atoms with Crippen LogP contribution in [0.15, 0.2) is 40.1 Å². The second-order valence-corrected chi connectivity index (χ2v) is 9.07. The molecule has 0 spiro atoms. The molecule has 1 aromatic carbocycles. The van der Waals surface area contributed by atoms with E-state index in [0.717, 1.165) is 0 Å². The average molecular weight is 569 g/mol. The van der Waals surface area contributed by atoms with Crippen LogP contribution in [0.4, 0.5) is 5.69 Å². The lowest BCUT2D eigenvalue weighted by Crippen LogP contribution is -2.42. The highest BCUT2D eigenvalue weighted by Gasteiger charge is 2.23. The van der Waals surface area contributed by atoms with E-state index >= 15 is 0 Å². The van der Waals surface area contributed by atoms with Crippen LogP contribution < -0.4 is 16.0 Å². The number of nitrogens with one attached hydrogen (secondary N) is 3. The number of ketones is 1. The molecule has 11 nitrogen and oxygen atoms in total. The van der Waals surface area contributed by atoms with Gasteiger partial charge in [0.15, 0.2) is 11.7 Å². The topological polar surface area (TPSA) is 173 Å². The lowest BCUT2D eigenvalue weighted by Gasteiger charge is -2.20. The van der Waals surface area contributed by atoms with Gasteiger partial charge in [0, 0.05) is 41.7 Å². The van der Waals surface area contributed by atoms with Gasteiger partial charge in [-0.05, 0) is 34.1 Å². The highest BCUT2D eigenvalue weighted by Crippen LogP contribution is 2.36. The molecular formula is C22H23BrClN5O6. The highest BCUT2D eigenvalue weighted by atomic mass is 79.9. The van der Waals surface area contributed by atoms with Crippen LogP contribution in [0.3, 0.4) is 0 Å². The van der Waals surface area contributed by atoms with E-state index in [1.165, 1.54) is 24.5 Å². The predicted octanol–water partition coefficient (Wildman–Crippen LogP) is 2.23. The minimum Gasteiger partial charge on any atom is -0.506 e. The first-order valence-electron chi connectivity index (χ1n) is 10.5. The molecule has 1 unspecified atom stereocenters. The summed E-state index contributed by atoms with van der Waals surface area (Å²) in [5.74, 6) is -1.89. The van der Waals surface area contributed by atoms with Crippen molar-refractivity contribution in [2.75, 3.05) is 18.4 Å². The van der Waals surface area contributed by atoms with Crippen molar-refractivity contribution in [2.24, 2.45) is 4.99 Å². The quantitative estimate of drug-likeness (QED) is 0.248. The number of anilines is 1. The Morgan fingerprint density at radius 2 is 2.00 bits per heavy atom. The molecule has 6 N–H and O–H groups in total. The SMILES string of the molecule is O=C(O)C[C@H](NC(=O)CCC(=O)c1cncc(NC2=NCC(O)CN2)c1)c1cc(Cl)cc(Br)c1O. The summed E-state index contributed by atoms with van der Waals surface area (Å²) in [7, 11) is 0. The Morgan fingerprint density at radius 1 is 1.23 bits per heavy atom. The molecule has 35 heavy (non-hydrogen) atoms. The number of hydrogen-bond acceptors (Lipinski definition) is 9. The third kappa shape index (κ3) is 7.64. The molecule has 0 bridgehead atoms. The van der Waals surface area contributed by atoms with Crippen molar-refractivity contribution in [3.8, 4) is 5.75 Å². The number of aliphatic hydroxyl groups excluding tert-OH is 1. The van der Waals surface area contributed by atoms with Gasteiger partial charge in [0.2, 0.25) is 5.91 Å². The number of aromatic nitrogens is 1. The number of halogens is 2. The van der Waals surface area contributed by atoms with E-state index < -0.39 is 30.4 Å². The molecule has 0 radical (unpaired) electrons. The second kappa shape index (κ2) is 12.0. The molecule has 1 aromatic heterocycles. The number of rotatable bonds is 9. The number of phenolic OH excluding ortho intramolecular Hbond substituents is 1. The molecule has 2 heterocycles. The highest BCUT2D eigenvalue weighted by molar-refractivity contribution is 9.10. The third-order valence-corrected chi connectivity index (χ3v) is 5.84. The summed E-state index contributed by atoms with van der Waals surface area (Å²) in [6.07, 6.45) is 1.48. The van der Waals surface area contributed by atoms with Gasteiger partial charge in [-0.15, -0.1) is 0 Å². The lowest BCUT2D eigenvalue weighted by molar-refractivity contribution is -0.137. The van der Waals surface area contributed by atoms with Gasteiger partial charge in [0.25, 0.3) is 0 Å². The first kappa shape index (κ1) is 26.4. The Balaban J connectivity index is 1.62. The number of phenols is 1. The molecule has 0 fully saturated rings. The van der Waals surface area contributed by atoms with E-state index in [9.17, 15) is 29.7 Å². The summed E-state index contributed by atoms with van der Waals surface area (Å²) in [6.45, 7) is 0.600. The normalized spacial score (nSPS) is 16.0. The molecule has 0 saturated carbocycles. The molecule has 2 aromatic rings. The molecule has 1 amide bonds. The van der Waals surface area contributed by atoms with E-state index in [1.54, 1.807) is 6.07 Å². The Hall–Kier alpha value is -3.22. The van der Waals surface area contributed by atoms with Crippen molar-refractivity contribution < 1.29 is 29.7 Å². The summed E-state index contributed by atoms with van der Waals surface area (Å²) >= 11 is 9.15. The summed E-state index contributed by atoms with van der Waals surface area (Å²) in [6, 6.07) is 3.33. The number of aliphatic hydroxyl groups is 1. The molecule has 3 rings (SSSR count). The number of carboxylic acid groups (broad SMARTS) is 1. The van der Waals surface area contributed by atoms with Crippen LogP contribution >= 0.6 is 27.5 Å². The fourth-order valence-corrected chi connectivity index (χ4v) is 4.15. The van der Waals surface area contributed by atoms with E-state index in [1.807, 2.05) is 0 Å². The Morgan fingerprint density at radius 3 is 2.69 bits per heavy atom. The minimum absolute atomic E-state index is 0.140. The Kier molecular flexibility index (Phi) is 9.01. The molecule has 1 aliphatic rings. The molecule has 186 valence electrons. The van der Waals surface area contributed by atoms with Gasteiger partial charge in [-0.25, -0.2) is 0 Å². The molecule has 13 heteroatoms. The number of nitrogens with zero attached hydrogens (tertiary/aromatic N) is 2. The minimum atomic E-state index is -1.19. The summed E-state index contributed by atoms with van der Waals surface area (Å²) in [5.41, 5.74) is 0.922. The van der Waals surface area contributed by atoms with Crippen LogP contribution in [0, 0.1) is 0 Å². The maximum absolute atomic E-state index is 12.6. The van der Waals surface area contributed by atoms with E-state index in [-0.39, 0.29) is 51.5 Å². The smallest absolute Gasteiger partial charge is 0.305 e. The number of amides is 1. The van der Waals surface area contributed by atoms with Gasteiger partial charge >= 0.3 is 5.97 Å². The Labute approximate surface area is 213 Å². The van der Waals surface area contributed by atoms with Crippen molar-refractivity contribution in [3.05, 3.63) is 51.2 Å². The van der Waals surface area contributed by atoms with Crippen LogP contribution in [-0.2, 0) is 9.59 Å². The maximum atomic E-state index is 12.6. The second-order valence-electron chi connectivity index (χ2n) is 7.78. The van der Waals surface area contributed by atoms with Crippen LogP contribution in [-0.4, -0.2) is 63.1 Å². The zero-order chi connectivity index (χ0) is 25.5. The van der Waals surface area contributed by atoms with Crippen molar-refractivity contribution in [1.29, 1.82) is 0 Å². The van der Waals surface area contributed by atoms with E-state index in [4.69, 9.17) is 11.6 Å². The molecular weight excluding hydrogens is 546 g/mol. The van der Waals surface area contributed by atoms with E-state index in [0.29, 0.717) is 18.2 Å². The zero-order valence-corrected chi connectivity index (χ0v) is 20.6. The predicted molar refractivity (Wildman–Crippen MR) is 132 cm³/mol. The van der Waals surface area contributed by atoms with Crippen LogP contribution in [0.2, 0.25) is 5.02 Å². The number of carbonyl (C=O) groups excluding carboxylic acids is 2. The number of aromatic hydroxyl groups is 1. The number of hydrogen-bond donors (Lipinski definition) is 6. The third-order valence-electron chi connectivity index (χ3n) is 5.01. The van der Waals surface area contributed by atoms with Crippen molar-refractivity contribution in [2.45, 2.75) is 31.4 Å². The molecule has 2 atom stereocenters. The standard InChI is InChI=1S/C22H23BrClN5O6/c23-16-5-12(24)4-15(21(16)35)17(6-20(33)34)29-19(32)2-1-18(31)11-3-13(8-25-7-11)28-22-26-9-14(30)10-27-22/h3-5,7-8,14,17,30,35H,1-2,6,9-10H2,(H,29,32)(H,33,34)(H2,26,27,28)/t17-/m0/s1. The zero-order valence-electron chi connectivity index (χ0n) is 18.3. The van der Waals surface area contributed by atoms with Crippen molar-refractivity contribution in [1.82, 2.24) is 15.6 Å². The number of β-amino-alcohol motifs (C(OH)–C–C–N with tert-alkyl or cyclic N) is 1. The summed E-state index contributed by atoms with van der Waals surface area (Å²) < 4.78 is 0.256. The molecule has 0 aliphatic carbocycles. The fraction of sp³-hybridized carbons (Fsp3) is 0.318. The van der Waals surface area contributed by atoms with Gasteiger partial charge in [-0.1, -0.05) is 11.6 Å². The van der Waals surface area contributed by atoms with Gasteiger partial charge in [-0.2, -0.15) is 0 Å². The number of guanidine groups is 1. The number of Topliss-reactive ketones (excluding diaryl/α,β-unsaturated/α-hetero) is 1. The Bertz CT molecular complexity index is 1160. The number of benzene rings is 1. The maximum Gasteiger partial charge on any atom is 0.305 e. The largest absolute Gasteiger partial charge is 0.506 e. The van der Waals surface area contributed by atoms with Gasteiger partial charge in [0.1, 0.15) is 5.75 Å². The van der Waals surface area contributed by atoms with Gasteiger partial charge in [-0.3, -0.25) is 24.4 Å². The van der Waals surface area contributed by atoms with Crippen LogP contribution in [0.25, 0.3) is 0 Å². The van der Waals surface area contributed by atoms with Gasteiger partial charge in [0.05, 0.1) is 41.5 Å². The summed E-state index contributed by atoms with van der Waals surface area (Å²) in [4.78, 5) is 44.6. The number of pyridine rings is 1. The fourth-order valence-electron chi connectivity index (χ4n) is 3.32. The monoisotopic (exact) mass is 567 g/mol.